The van der Waals surface area contributed by atoms with E-state index in [0.717, 1.165) is 0 Å². The number of hydrogen-bond donors (Lipinski definition) is 2. The average Bonchev–Trinajstić information content (AvgIpc) is 2.79. The maximum Gasteiger partial charge on any atom is 0.508 e. The van der Waals surface area contributed by atoms with Crippen molar-refractivity contribution in [3.63, 3.8) is 0 Å². The van der Waals surface area contributed by atoms with Gasteiger partial charge in [-0.25, -0.2) is 19.2 Å². The van der Waals surface area contributed by atoms with Crippen molar-refractivity contribution in [2.24, 2.45) is 0 Å². The first-order valence-corrected chi connectivity index (χ1v) is 11.7. The standard InChI is InChI=1S/C23H40O14/c1-15(24)12-32-18(26)22(4,5)35-10-8-30-20(28)34-14-17(3)37-21(29)31-9-11-36-23(6,7)19(27)33-13-16(2)25/h15-17,24-25H,8-14H2,1-7H3. The van der Waals surface area contributed by atoms with Crippen molar-refractivity contribution in [1.29, 1.82) is 0 Å². The summed E-state index contributed by atoms with van der Waals surface area (Å²) >= 11 is 0. The van der Waals surface area contributed by atoms with Gasteiger partial charge in [-0.2, -0.15) is 0 Å². The molecule has 0 aromatic carbocycles. The summed E-state index contributed by atoms with van der Waals surface area (Å²) in [5.41, 5.74) is -2.63. The lowest BCUT2D eigenvalue weighted by Crippen LogP contribution is -2.39. The van der Waals surface area contributed by atoms with E-state index in [4.69, 9.17) is 48.1 Å². The molecule has 0 rings (SSSR count). The van der Waals surface area contributed by atoms with E-state index in [1.54, 1.807) is 0 Å². The first-order chi connectivity index (χ1) is 17.1. The molecule has 0 fully saturated rings. The molecule has 2 N–H and O–H groups in total. The number of aliphatic hydroxyl groups excluding tert-OH is 2. The van der Waals surface area contributed by atoms with Gasteiger partial charge < -0.3 is 48.1 Å². The lowest BCUT2D eigenvalue weighted by molar-refractivity contribution is -0.172. The topological polar surface area (TPSA) is 183 Å². The van der Waals surface area contributed by atoms with Crippen LogP contribution in [0.4, 0.5) is 9.59 Å². The molecule has 0 bridgehead atoms. The Morgan fingerprint density at radius 3 is 1.41 bits per heavy atom. The molecule has 0 heterocycles. The molecule has 0 radical (unpaired) electrons. The second-order valence-electron chi connectivity index (χ2n) is 9.05. The highest BCUT2D eigenvalue weighted by molar-refractivity contribution is 5.79. The summed E-state index contributed by atoms with van der Waals surface area (Å²) in [6.07, 6.45) is -4.55. The van der Waals surface area contributed by atoms with Crippen LogP contribution < -0.4 is 0 Å². The Morgan fingerprint density at radius 1 is 0.595 bits per heavy atom. The maximum atomic E-state index is 11.9. The van der Waals surface area contributed by atoms with E-state index in [1.165, 1.54) is 48.5 Å². The van der Waals surface area contributed by atoms with Gasteiger partial charge >= 0.3 is 24.2 Å². The SMILES string of the molecule is CC(O)COC(=O)C(C)(C)OCCOC(=O)OCC(C)OC(=O)OCCOC(C)(C)C(=O)OCC(C)O. The first-order valence-electron chi connectivity index (χ1n) is 11.7. The van der Waals surface area contributed by atoms with Crippen LogP contribution in [0.15, 0.2) is 0 Å². The predicted molar refractivity (Wildman–Crippen MR) is 125 cm³/mol. The normalized spacial score (nSPS) is 14.1. The molecule has 14 heteroatoms. The number of carbonyl (C=O) groups is 4. The van der Waals surface area contributed by atoms with E-state index in [9.17, 15) is 19.2 Å². The highest BCUT2D eigenvalue weighted by Crippen LogP contribution is 2.13. The minimum atomic E-state index is -1.31. The lowest BCUT2D eigenvalue weighted by atomic mass is 10.1. The van der Waals surface area contributed by atoms with Crippen LogP contribution in [0.25, 0.3) is 0 Å². The fourth-order valence-electron chi connectivity index (χ4n) is 2.16. The Bertz CT molecular complexity index is 716. The molecule has 0 saturated heterocycles. The Hall–Kier alpha value is -2.68. The zero-order valence-electron chi connectivity index (χ0n) is 22.5. The van der Waals surface area contributed by atoms with Crippen LogP contribution in [0, 0.1) is 0 Å². The monoisotopic (exact) mass is 540 g/mol. The van der Waals surface area contributed by atoms with Crippen LogP contribution in [0.3, 0.4) is 0 Å². The summed E-state index contributed by atoms with van der Waals surface area (Å²) in [6, 6.07) is 0. The molecule has 3 unspecified atom stereocenters. The zero-order valence-corrected chi connectivity index (χ0v) is 22.5. The molecule has 216 valence electrons. The summed E-state index contributed by atoms with van der Waals surface area (Å²) in [7, 11) is 0. The van der Waals surface area contributed by atoms with Gasteiger partial charge in [-0.05, 0) is 48.5 Å². The van der Waals surface area contributed by atoms with Gasteiger partial charge in [0, 0.05) is 0 Å². The second-order valence-corrected chi connectivity index (χ2v) is 9.05. The Kier molecular flexibility index (Phi) is 15.7. The van der Waals surface area contributed by atoms with E-state index in [2.05, 4.69) is 0 Å². The van der Waals surface area contributed by atoms with Gasteiger partial charge in [0.2, 0.25) is 0 Å². The number of hydrogen-bond acceptors (Lipinski definition) is 14. The number of rotatable bonds is 17. The number of esters is 2. The molecule has 0 saturated carbocycles. The van der Waals surface area contributed by atoms with Gasteiger partial charge in [0.05, 0.1) is 25.4 Å². The summed E-state index contributed by atoms with van der Waals surface area (Å²) in [5.74, 6) is -1.36. The van der Waals surface area contributed by atoms with Crippen molar-refractivity contribution in [3.05, 3.63) is 0 Å². The molecule has 0 amide bonds. The molecule has 0 aromatic heterocycles. The van der Waals surface area contributed by atoms with Gasteiger partial charge in [0.25, 0.3) is 0 Å². The van der Waals surface area contributed by atoms with E-state index >= 15 is 0 Å². The molecular weight excluding hydrogens is 500 g/mol. The van der Waals surface area contributed by atoms with Crippen molar-refractivity contribution in [1.82, 2.24) is 0 Å². The quantitative estimate of drug-likeness (QED) is 0.152. The van der Waals surface area contributed by atoms with Gasteiger partial charge in [-0.1, -0.05) is 0 Å². The van der Waals surface area contributed by atoms with Gasteiger partial charge in [0.1, 0.15) is 39.1 Å². The summed E-state index contributed by atoms with van der Waals surface area (Å²) in [6.45, 7) is 8.92. The van der Waals surface area contributed by atoms with Gasteiger partial charge in [0.15, 0.2) is 11.2 Å². The van der Waals surface area contributed by atoms with Crippen molar-refractivity contribution < 1.29 is 67.3 Å². The van der Waals surface area contributed by atoms with E-state index in [-0.39, 0.29) is 46.2 Å². The fraction of sp³-hybridized carbons (Fsp3) is 0.826. The van der Waals surface area contributed by atoms with Crippen LogP contribution in [0.1, 0.15) is 48.5 Å². The number of aliphatic hydroxyl groups is 2. The smallest absolute Gasteiger partial charge is 0.461 e. The number of ether oxygens (including phenoxy) is 8. The molecule has 14 nitrogen and oxygen atoms in total. The second kappa shape index (κ2) is 16.9. The van der Waals surface area contributed by atoms with Crippen molar-refractivity contribution >= 4 is 24.2 Å². The van der Waals surface area contributed by atoms with Crippen molar-refractivity contribution in [3.8, 4) is 0 Å². The van der Waals surface area contributed by atoms with Crippen LogP contribution in [-0.4, -0.2) is 110 Å². The van der Waals surface area contributed by atoms with Crippen LogP contribution in [0.2, 0.25) is 0 Å². The van der Waals surface area contributed by atoms with Crippen molar-refractivity contribution in [2.75, 3.05) is 46.2 Å². The van der Waals surface area contributed by atoms with Crippen LogP contribution in [-0.2, 0) is 47.5 Å². The number of carbonyl (C=O) groups excluding carboxylic acids is 4. The highest BCUT2D eigenvalue weighted by Gasteiger charge is 2.31. The molecule has 0 aliphatic heterocycles. The van der Waals surface area contributed by atoms with Crippen molar-refractivity contribution in [2.45, 2.75) is 78.0 Å². The van der Waals surface area contributed by atoms with E-state index in [0.29, 0.717) is 0 Å². The predicted octanol–water partition coefficient (Wildman–Crippen LogP) is 1.12. The largest absolute Gasteiger partial charge is 0.508 e. The third kappa shape index (κ3) is 16.6. The van der Waals surface area contributed by atoms with Crippen LogP contribution >= 0.6 is 0 Å². The molecule has 37 heavy (non-hydrogen) atoms. The Morgan fingerprint density at radius 2 is 1.00 bits per heavy atom. The lowest BCUT2D eigenvalue weighted by Gasteiger charge is -2.23. The zero-order chi connectivity index (χ0) is 28.6. The molecule has 0 aliphatic carbocycles. The molecular formula is C23H40O14. The van der Waals surface area contributed by atoms with Crippen LogP contribution in [0.5, 0.6) is 0 Å². The summed E-state index contributed by atoms with van der Waals surface area (Å²) in [4.78, 5) is 47.1. The third-order valence-corrected chi connectivity index (χ3v) is 4.16. The first kappa shape index (κ1) is 34.3. The van der Waals surface area contributed by atoms with E-state index in [1.807, 2.05) is 0 Å². The van der Waals surface area contributed by atoms with Gasteiger partial charge in [-0.3, -0.25) is 0 Å². The fourth-order valence-corrected chi connectivity index (χ4v) is 2.16. The average molecular weight is 541 g/mol. The minimum Gasteiger partial charge on any atom is -0.461 e. The molecule has 0 aliphatic rings. The Balaban J connectivity index is 4.05. The molecule has 0 aromatic rings. The Labute approximate surface area is 216 Å². The minimum absolute atomic E-state index is 0.124. The maximum absolute atomic E-state index is 11.9. The molecule has 3 atom stereocenters. The highest BCUT2D eigenvalue weighted by atomic mass is 16.8. The summed E-state index contributed by atoms with van der Waals surface area (Å²) in [5, 5.41) is 18.3. The summed E-state index contributed by atoms with van der Waals surface area (Å²) < 4.78 is 39.8. The molecule has 0 spiro atoms. The van der Waals surface area contributed by atoms with Gasteiger partial charge in [-0.15, -0.1) is 0 Å². The third-order valence-electron chi connectivity index (χ3n) is 4.16. The van der Waals surface area contributed by atoms with E-state index < -0.39 is 53.8 Å².